The molecule has 3 rings (SSSR count). The average Bonchev–Trinajstić information content (AvgIpc) is 3.00. The van der Waals surface area contributed by atoms with Crippen molar-refractivity contribution in [2.45, 2.75) is 6.92 Å². The van der Waals surface area contributed by atoms with Crippen LogP contribution >= 0.6 is 0 Å². The fourth-order valence-corrected chi connectivity index (χ4v) is 2.01. The highest BCUT2D eigenvalue weighted by Gasteiger charge is 2.18. The highest BCUT2D eigenvalue weighted by atomic mass is 17.2. The number of hydrogen-bond acceptors (Lipinski definition) is 5. The first-order chi connectivity index (χ1) is 10.1. The van der Waals surface area contributed by atoms with Crippen molar-refractivity contribution in [1.29, 1.82) is 0 Å². The number of aromatic nitrogens is 2. The van der Waals surface area contributed by atoms with Gasteiger partial charge in [-0.15, -0.1) is 0 Å². The number of carbonyl (C=O) groups excluding carboxylic acids is 1. The van der Waals surface area contributed by atoms with Gasteiger partial charge in [0.05, 0.1) is 11.2 Å². The van der Waals surface area contributed by atoms with E-state index in [1.54, 1.807) is 18.3 Å². The van der Waals surface area contributed by atoms with Crippen molar-refractivity contribution >= 4 is 22.6 Å². The molecule has 0 saturated carbocycles. The summed E-state index contributed by atoms with van der Waals surface area (Å²) in [6.07, 6.45) is 3.03. The van der Waals surface area contributed by atoms with Gasteiger partial charge in [-0.3, -0.25) is 14.8 Å². The summed E-state index contributed by atoms with van der Waals surface area (Å²) in [6.45, 7) is 5.83. The van der Waals surface area contributed by atoms with Crippen molar-refractivity contribution in [3.63, 3.8) is 0 Å². The maximum Gasteiger partial charge on any atom is 0.255 e. The minimum absolute atomic E-state index is 0.209. The van der Waals surface area contributed by atoms with Gasteiger partial charge in [0.25, 0.3) is 5.91 Å². The molecule has 0 bridgehead atoms. The molecule has 0 spiro atoms. The summed E-state index contributed by atoms with van der Waals surface area (Å²) in [5.74, 6) is -0.326. The standard InChI is InChI=1S/C15H13N3O3/c1-9-6-13(14-12(17-9)4-3-5-16-14)18-15(19)10(2)11-7-20-21-8-11/h3-7H,2,8H2,1H3,(H,17,18,19). The van der Waals surface area contributed by atoms with E-state index in [0.29, 0.717) is 22.4 Å². The summed E-state index contributed by atoms with van der Waals surface area (Å²) in [4.78, 5) is 30.2. The second-order valence-corrected chi connectivity index (χ2v) is 4.62. The Morgan fingerprint density at radius 1 is 1.48 bits per heavy atom. The second kappa shape index (κ2) is 5.34. The van der Waals surface area contributed by atoms with Crippen LogP contribution in [0.3, 0.4) is 0 Å². The number of nitrogens with one attached hydrogen (secondary N) is 1. The van der Waals surface area contributed by atoms with Crippen molar-refractivity contribution in [1.82, 2.24) is 9.97 Å². The number of anilines is 1. The lowest BCUT2D eigenvalue weighted by atomic mass is 10.1. The Bertz CT molecular complexity index is 768. The summed E-state index contributed by atoms with van der Waals surface area (Å²) in [5.41, 5.74) is 3.66. The number of rotatable bonds is 3. The maximum atomic E-state index is 12.2. The van der Waals surface area contributed by atoms with Crippen LogP contribution in [0.25, 0.3) is 11.0 Å². The zero-order chi connectivity index (χ0) is 14.8. The Morgan fingerprint density at radius 2 is 2.33 bits per heavy atom. The molecule has 1 aliphatic heterocycles. The third-order valence-corrected chi connectivity index (χ3v) is 3.07. The molecule has 6 nitrogen and oxygen atoms in total. The van der Waals surface area contributed by atoms with Crippen LogP contribution in [-0.2, 0) is 14.6 Å². The average molecular weight is 283 g/mol. The van der Waals surface area contributed by atoms with E-state index in [2.05, 4.69) is 26.8 Å². The van der Waals surface area contributed by atoms with Crippen LogP contribution in [0.1, 0.15) is 5.69 Å². The predicted octanol–water partition coefficient (Wildman–Crippen LogP) is 2.28. The molecule has 2 aromatic rings. The van der Waals surface area contributed by atoms with E-state index in [1.165, 1.54) is 6.26 Å². The first-order valence-corrected chi connectivity index (χ1v) is 6.35. The normalized spacial score (nSPS) is 13.7. The molecule has 1 aliphatic rings. The molecule has 3 heterocycles. The molecule has 0 fully saturated rings. The van der Waals surface area contributed by atoms with Crippen LogP contribution in [0.15, 0.2) is 48.4 Å². The maximum absolute atomic E-state index is 12.2. The minimum Gasteiger partial charge on any atom is -0.345 e. The summed E-state index contributed by atoms with van der Waals surface area (Å²) in [6, 6.07) is 5.43. The zero-order valence-electron chi connectivity index (χ0n) is 11.4. The van der Waals surface area contributed by atoms with Crippen LogP contribution in [0, 0.1) is 6.92 Å². The fraction of sp³-hybridized carbons (Fsp3) is 0.133. The highest BCUT2D eigenvalue weighted by molar-refractivity contribution is 6.09. The number of aryl methyl sites for hydroxylation is 1. The second-order valence-electron chi connectivity index (χ2n) is 4.62. The van der Waals surface area contributed by atoms with Gasteiger partial charge < -0.3 is 10.2 Å². The summed E-state index contributed by atoms with van der Waals surface area (Å²) < 4.78 is 0. The number of amides is 1. The number of nitrogens with zero attached hydrogens (tertiary/aromatic N) is 2. The predicted molar refractivity (Wildman–Crippen MR) is 77.2 cm³/mol. The van der Waals surface area contributed by atoms with Crippen molar-refractivity contribution in [2.24, 2.45) is 0 Å². The Morgan fingerprint density at radius 3 is 3.10 bits per heavy atom. The van der Waals surface area contributed by atoms with Crippen LogP contribution in [-0.4, -0.2) is 22.5 Å². The molecule has 2 aromatic heterocycles. The number of hydrogen-bond donors (Lipinski definition) is 1. The van der Waals surface area contributed by atoms with Gasteiger partial charge in [0, 0.05) is 23.0 Å². The topological polar surface area (TPSA) is 73.3 Å². The molecule has 0 saturated heterocycles. The van der Waals surface area contributed by atoms with Gasteiger partial charge >= 0.3 is 0 Å². The molecule has 0 aromatic carbocycles. The van der Waals surface area contributed by atoms with Gasteiger partial charge in [-0.1, -0.05) is 6.58 Å². The van der Waals surface area contributed by atoms with Gasteiger partial charge in [-0.2, -0.15) is 4.89 Å². The van der Waals surface area contributed by atoms with E-state index >= 15 is 0 Å². The van der Waals surface area contributed by atoms with Crippen LogP contribution in [0.2, 0.25) is 0 Å². The summed E-state index contributed by atoms with van der Waals surface area (Å²) >= 11 is 0. The van der Waals surface area contributed by atoms with E-state index in [1.807, 2.05) is 13.0 Å². The van der Waals surface area contributed by atoms with Crippen molar-refractivity contribution in [3.05, 3.63) is 54.1 Å². The first-order valence-electron chi connectivity index (χ1n) is 6.35. The lowest BCUT2D eigenvalue weighted by Gasteiger charge is -2.10. The molecule has 0 aliphatic carbocycles. The van der Waals surface area contributed by atoms with E-state index in [9.17, 15) is 4.79 Å². The van der Waals surface area contributed by atoms with Crippen molar-refractivity contribution < 1.29 is 14.6 Å². The van der Waals surface area contributed by atoms with Crippen LogP contribution < -0.4 is 5.32 Å². The van der Waals surface area contributed by atoms with Gasteiger partial charge in [-0.05, 0) is 25.1 Å². The quantitative estimate of drug-likeness (QED) is 0.691. The molecule has 0 atom stereocenters. The van der Waals surface area contributed by atoms with Gasteiger partial charge in [-0.25, -0.2) is 0 Å². The van der Waals surface area contributed by atoms with E-state index in [0.717, 1.165) is 11.2 Å². The van der Waals surface area contributed by atoms with Gasteiger partial charge in [0.15, 0.2) is 0 Å². The Kier molecular flexibility index (Phi) is 3.37. The molecule has 0 unspecified atom stereocenters. The number of fused-ring (bicyclic) bond motifs is 1. The largest absolute Gasteiger partial charge is 0.345 e. The first kappa shape index (κ1) is 13.3. The fourth-order valence-electron chi connectivity index (χ4n) is 2.01. The SMILES string of the molecule is C=C(C(=O)Nc1cc(C)nc2cccnc12)C1=COOC1. The van der Waals surface area contributed by atoms with Gasteiger partial charge in [0.2, 0.25) is 0 Å². The van der Waals surface area contributed by atoms with Crippen molar-refractivity contribution in [3.8, 4) is 0 Å². The number of carbonyl (C=O) groups is 1. The molecule has 106 valence electrons. The molecule has 1 amide bonds. The lowest BCUT2D eigenvalue weighted by molar-refractivity contribution is -0.221. The molecular weight excluding hydrogens is 270 g/mol. The molecule has 0 radical (unpaired) electrons. The monoisotopic (exact) mass is 283 g/mol. The Balaban J connectivity index is 1.91. The summed E-state index contributed by atoms with van der Waals surface area (Å²) in [5, 5.41) is 2.81. The zero-order valence-corrected chi connectivity index (χ0v) is 11.4. The minimum atomic E-state index is -0.326. The van der Waals surface area contributed by atoms with Crippen LogP contribution in [0.5, 0.6) is 0 Å². The summed E-state index contributed by atoms with van der Waals surface area (Å²) in [7, 11) is 0. The van der Waals surface area contributed by atoms with E-state index < -0.39 is 0 Å². The Hall–Kier alpha value is -2.73. The highest BCUT2D eigenvalue weighted by Crippen LogP contribution is 2.22. The lowest BCUT2D eigenvalue weighted by Crippen LogP contribution is -2.16. The smallest absolute Gasteiger partial charge is 0.255 e. The Labute approximate surface area is 121 Å². The number of pyridine rings is 2. The van der Waals surface area contributed by atoms with Crippen molar-refractivity contribution in [2.75, 3.05) is 11.9 Å². The third kappa shape index (κ3) is 2.61. The van der Waals surface area contributed by atoms with Crippen LogP contribution in [0.4, 0.5) is 5.69 Å². The molecular formula is C15H13N3O3. The molecule has 6 heteroatoms. The third-order valence-electron chi connectivity index (χ3n) is 3.07. The van der Waals surface area contributed by atoms with E-state index in [4.69, 9.17) is 4.89 Å². The van der Waals surface area contributed by atoms with Gasteiger partial charge in [0.1, 0.15) is 18.4 Å². The van der Waals surface area contributed by atoms with E-state index in [-0.39, 0.29) is 12.5 Å². The molecule has 21 heavy (non-hydrogen) atoms. The molecule has 1 N–H and O–H groups in total.